The molecular weight excluding hydrogens is 284 g/mol. The lowest BCUT2D eigenvalue weighted by Crippen LogP contribution is -2.24. The number of halogens is 1. The summed E-state index contributed by atoms with van der Waals surface area (Å²) in [6.45, 7) is 0.492. The summed E-state index contributed by atoms with van der Waals surface area (Å²) >= 11 is 3.31. The van der Waals surface area contributed by atoms with Crippen LogP contribution in [-0.4, -0.2) is 19.6 Å². The second-order valence-corrected chi connectivity index (χ2v) is 4.28. The normalized spacial score (nSPS) is 9.47. The molecule has 1 N–H and O–H groups in total. The van der Waals surface area contributed by atoms with Gasteiger partial charge in [0.25, 0.3) is 5.91 Å². The quantitative estimate of drug-likeness (QED) is 0.849. The van der Waals surface area contributed by atoms with Crippen LogP contribution in [0, 0.1) is 11.3 Å². The average Bonchev–Trinajstić information content (AvgIpc) is 2.34. The molecule has 1 aromatic rings. The number of nitriles is 1. The Morgan fingerprint density at radius 3 is 3.00 bits per heavy atom. The number of carbonyl (C=O) groups is 1. The fraction of sp³-hybridized carbons (Fsp3) is 0.333. The van der Waals surface area contributed by atoms with Crippen molar-refractivity contribution in [3.63, 3.8) is 0 Å². The van der Waals surface area contributed by atoms with E-state index in [9.17, 15) is 4.79 Å². The second-order valence-electron chi connectivity index (χ2n) is 3.36. The number of nitrogens with zero attached hydrogens (tertiary/aromatic N) is 1. The van der Waals surface area contributed by atoms with Crippen molar-refractivity contribution in [1.82, 2.24) is 5.32 Å². The van der Waals surface area contributed by atoms with Gasteiger partial charge >= 0.3 is 0 Å². The van der Waals surface area contributed by atoms with E-state index in [1.165, 1.54) is 7.11 Å². The summed E-state index contributed by atoms with van der Waals surface area (Å²) in [5, 5.41) is 11.1. The highest BCUT2D eigenvalue weighted by Crippen LogP contribution is 2.23. The van der Waals surface area contributed by atoms with Crippen LogP contribution in [0.25, 0.3) is 0 Å². The van der Waals surface area contributed by atoms with Gasteiger partial charge in [-0.1, -0.05) is 15.9 Å². The van der Waals surface area contributed by atoms with Crippen molar-refractivity contribution in [3.8, 4) is 11.8 Å². The lowest BCUT2D eigenvalue weighted by Gasteiger charge is -2.09. The van der Waals surface area contributed by atoms with Crippen molar-refractivity contribution in [2.24, 2.45) is 0 Å². The topological polar surface area (TPSA) is 62.1 Å². The Balaban J connectivity index is 2.65. The van der Waals surface area contributed by atoms with Gasteiger partial charge < -0.3 is 10.1 Å². The molecule has 0 spiro atoms. The summed E-state index contributed by atoms with van der Waals surface area (Å²) in [6.07, 6.45) is 1.10. The number of carbonyl (C=O) groups excluding carboxylic acids is 1. The SMILES string of the molecule is COc1cc(Br)ccc1C(=O)NCCCC#N. The monoisotopic (exact) mass is 296 g/mol. The molecule has 0 fully saturated rings. The van der Waals surface area contributed by atoms with Crippen LogP contribution in [-0.2, 0) is 0 Å². The van der Waals surface area contributed by atoms with E-state index in [2.05, 4.69) is 21.2 Å². The van der Waals surface area contributed by atoms with Crippen molar-refractivity contribution in [3.05, 3.63) is 28.2 Å². The van der Waals surface area contributed by atoms with Gasteiger partial charge in [-0.05, 0) is 24.6 Å². The molecule has 0 atom stereocenters. The Morgan fingerprint density at radius 2 is 2.35 bits per heavy atom. The molecule has 0 bridgehead atoms. The van der Waals surface area contributed by atoms with E-state index in [0.29, 0.717) is 30.7 Å². The van der Waals surface area contributed by atoms with Crippen molar-refractivity contribution in [1.29, 1.82) is 5.26 Å². The van der Waals surface area contributed by atoms with E-state index in [4.69, 9.17) is 10.00 Å². The first-order valence-electron chi connectivity index (χ1n) is 5.17. The lowest BCUT2D eigenvalue weighted by molar-refractivity contribution is 0.0950. The van der Waals surface area contributed by atoms with Gasteiger partial charge in [-0.3, -0.25) is 4.79 Å². The molecule has 17 heavy (non-hydrogen) atoms. The van der Waals surface area contributed by atoms with E-state index in [1.54, 1.807) is 18.2 Å². The third-order valence-corrected chi connectivity index (χ3v) is 2.65. The maximum absolute atomic E-state index is 11.8. The Hall–Kier alpha value is -1.54. The van der Waals surface area contributed by atoms with Gasteiger partial charge in [-0.2, -0.15) is 5.26 Å². The van der Waals surface area contributed by atoms with Crippen molar-refractivity contribution in [2.75, 3.05) is 13.7 Å². The van der Waals surface area contributed by atoms with Crippen molar-refractivity contribution < 1.29 is 9.53 Å². The number of hydrogen-bond donors (Lipinski definition) is 1. The zero-order valence-electron chi connectivity index (χ0n) is 9.50. The van der Waals surface area contributed by atoms with Gasteiger partial charge in [0.2, 0.25) is 0 Å². The number of nitrogens with one attached hydrogen (secondary N) is 1. The molecule has 0 saturated heterocycles. The third-order valence-electron chi connectivity index (χ3n) is 2.16. The number of unbranched alkanes of at least 4 members (excludes halogenated alkanes) is 1. The van der Waals surface area contributed by atoms with Crippen LogP contribution in [0.1, 0.15) is 23.2 Å². The number of rotatable bonds is 5. The Morgan fingerprint density at radius 1 is 1.59 bits per heavy atom. The van der Waals surface area contributed by atoms with Crippen LogP contribution in [0.3, 0.4) is 0 Å². The van der Waals surface area contributed by atoms with E-state index in [-0.39, 0.29) is 5.91 Å². The Kier molecular flexibility index (Phi) is 5.50. The van der Waals surface area contributed by atoms with E-state index in [0.717, 1.165) is 4.47 Å². The molecule has 0 aliphatic heterocycles. The summed E-state index contributed by atoms with van der Waals surface area (Å²) < 4.78 is 5.99. The van der Waals surface area contributed by atoms with Crippen LogP contribution in [0.15, 0.2) is 22.7 Å². The number of methoxy groups -OCH3 is 1. The molecule has 0 unspecified atom stereocenters. The first kappa shape index (κ1) is 13.5. The van der Waals surface area contributed by atoms with Crippen molar-refractivity contribution >= 4 is 21.8 Å². The van der Waals surface area contributed by atoms with E-state index in [1.807, 2.05) is 6.07 Å². The van der Waals surface area contributed by atoms with Gasteiger partial charge in [0.15, 0.2) is 0 Å². The average molecular weight is 297 g/mol. The molecule has 0 aliphatic rings. The van der Waals surface area contributed by atoms with Gasteiger partial charge in [0.05, 0.1) is 18.7 Å². The zero-order chi connectivity index (χ0) is 12.7. The van der Waals surface area contributed by atoms with Gasteiger partial charge in [0.1, 0.15) is 5.75 Å². The van der Waals surface area contributed by atoms with Crippen molar-refractivity contribution in [2.45, 2.75) is 12.8 Å². The van der Waals surface area contributed by atoms with Crippen LogP contribution in [0.4, 0.5) is 0 Å². The number of benzene rings is 1. The molecule has 1 rings (SSSR count). The molecule has 0 aromatic heterocycles. The molecular formula is C12H13BrN2O2. The maximum Gasteiger partial charge on any atom is 0.255 e. The van der Waals surface area contributed by atoms with Gasteiger partial charge in [0, 0.05) is 17.4 Å². The Bertz CT molecular complexity index is 441. The fourth-order valence-corrected chi connectivity index (χ4v) is 1.66. The smallest absolute Gasteiger partial charge is 0.255 e. The maximum atomic E-state index is 11.8. The summed E-state index contributed by atoms with van der Waals surface area (Å²) in [4.78, 5) is 11.8. The van der Waals surface area contributed by atoms with Crippen LogP contribution in [0.5, 0.6) is 5.75 Å². The number of amides is 1. The molecule has 4 nitrogen and oxygen atoms in total. The minimum Gasteiger partial charge on any atom is -0.496 e. The minimum absolute atomic E-state index is 0.188. The second kappa shape index (κ2) is 6.92. The standard InChI is InChI=1S/C12H13BrN2O2/c1-17-11-8-9(13)4-5-10(11)12(16)15-7-3-2-6-14/h4-5,8H,2-3,7H2,1H3,(H,15,16). The summed E-state index contributed by atoms with van der Waals surface area (Å²) in [6, 6.07) is 7.25. The number of ether oxygens (including phenoxy) is 1. The highest BCUT2D eigenvalue weighted by molar-refractivity contribution is 9.10. The molecule has 0 heterocycles. The highest BCUT2D eigenvalue weighted by Gasteiger charge is 2.11. The molecule has 1 aromatic carbocycles. The highest BCUT2D eigenvalue weighted by atomic mass is 79.9. The predicted molar refractivity (Wildman–Crippen MR) is 67.9 cm³/mol. The third kappa shape index (κ3) is 4.08. The molecule has 0 saturated carbocycles. The predicted octanol–water partition coefficient (Wildman–Crippen LogP) is 2.49. The molecule has 1 amide bonds. The van der Waals surface area contributed by atoms with Crippen LogP contribution < -0.4 is 10.1 Å². The zero-order valence-corrected chi connectivity index (χ0v) is 11.1. The first-order chi connectivity index (χ1) is 8.19. The van der Waals surface area contributed by atoms with E-state index >= 15 is 0 Å². The molecule has 5 heteroatoms. The molecule has 90 valence electrons. The summed E-state index contributed by atoms with van der Waals surface area (Å²) in [7, 11) is 1.52. The first-order valence-corrected chi connectivity index (χ1v) is 5.97. The largest absolute Gasteiger partial charge is 0.496 e. The lowest BCUT2D eigenvalue weighted by atomic mass is 10.2. The Labute approximate surface area is 109 Å². The van der Waals surface area contributed by atoms with Gasteiger partial charge in [-0.25, -0.2) is 0 Å². The summed E-state index contributed by atoms with van der Waals surface area (Å²) in [5.41, 5.74) is 0.493. The summed E-state index contributed by atoms with van der Waals surface area (Å²) in [5.74, 6) is 0.337. The van der Waals surface area contributed by atoms with Gasteiger partial charge in [-0.15, -0.1) is 0 Å². The number of hydrogen-bond acceptors (Lipinski definition) is 3. The molecule has 0 aliphatic carbocycles. The van der Waals surface area contributed by atoms with E-state index < -0.39 is 0 Å². The van der Waals surface area contributed by atoms with Crippen LogP contribution >= 0.6 is 15.9 Å². The van der Waals surface area contributed by atoms with Crippen LogP contribution in [0.2, 0.25) is 0 Å². The molecule has 0 radical (unpaired) electrons. The fourth-order valence-electron chi connectivity index (χ4n) is 1.32. The minimum atomic E-state index is -0.188.